The van der Waals surface area contributed by atoms with E-state index in [-0.39, 0.29) is 0 Å². The van der Waals surface area contributed by atoms with Crippen LogP contribution >= 0.6 is 0 Å². The van der Waals surface area contributed by atoms with Crippen LogP contribution in [-0.2, 0) is 19.9 Å². The van der Waals surface area contributed by atoms with Crippen LogP contribution in [0.4, 0.5) is 0 Å². The first-order valence-electron chi connectivity index (χ1n) is 7.37. The lowest BCUT2D eigenvalue weighted by Gasteiger charge is -2.23. The van der Waals surface area contributed by atoms with Crippen molar-refractivity contribution in [1.29, 1.82) is 0 Å². The van der Waals surface area contributed by atoms with Crippen LogP contribution in [0.2, 0.25) is 0 Å². The van der Waals surface area contributed by atoms with E-state index in [4.69, 9.17) is 0 Å². The molecule has 0 saturated heterocycles. The number of nitrogens with zero attached hydrogens (tertiary/aromatic N) is 2. The van der Waals surface area contributed by atoms with Crippen LogP contribution in [0.5, 0.6) is 0 Å². The zero-order valence-corrected chi connectivity index (χ0v) is 12.7. The fourth-order valence-corrected chi connectivity index (χ4v) is 2.42. The lowest BCUT2D eigenvalue weighted by atomic mass is 9.92. The summed E-state index contributed by atoms with van der Waals surface area (Å²) in [6, 6.07) is 2.84. The van der Waals surface area contributed by atoms with Crippen LogP contribution in [0.3, 0.4) is 0 Å². The quantitative estimate of drug-likeness (QED) is 0.770. The van der Waals surface area contributed by atoms with Crippen molar-refractivity contribution in [1.82, 2.24) is 15.1 Å². The van der Waals surface area contributed by atoms with Gasteiger partial charge >= 0.3 is 0 Å². The molecule has 1 rings (SSSR count). The summed E-state index contributed by atoms with van der Waals surface area (Å²) in [7, 11) is 2.06. The first-order chi connectivity index (χ1) is 8.62. The molecule has 3 heteroatoms. The Hall–Kier alpha value is -0.830. The Morgan fingerprint density at radius 1 is 1.33 bits per heavy atom. The van der Waals surface area contributed by atoms with Crippen LogP contribution in [0.25, 0.3) is 0 Å². The molecule has 0 saturated carbocycles. The maximum atomic E-state index is 4.53. The Labute approximate surface area is 112 Å². The third-order valence-electron chi connectivity index (χ3n) is 3.81. The summed E-state index contributed by atoms with van der Waals surface area (Å²) in [6.07, 6.45) is 4.56. The van der Waals surface area contributed by atoms with Gasteiger partial charge in [-0.3, -0.25) is 4.68 Å². The minimum Gasteiger partial charge on any atom is -0.314 e. The van der Waals surface area contributed by atoms with E-state index in [0.29, 0.717) is 12.0 Å². The highest BCUT2D eigenvalue weighted by molar-refractivity contribution is 5.11. The number of hydrogen-bond donors (Lipinski definition) is 1. The molecular formula is C15H29N3. The molecule has 2 unspecified atom stereocenters. The van der Waals surface area contributed by atoms with E-state index in [1.54, 1.807) is 0 Å². The Morgan fingerprint density at radius 2 is 2.06 bits per heavy atom. The van der Waals surface area contributed by atoms with Gasteiger partial charge in [0.25, 0.3) is 0 Å². The van der Waals surface area contributed by atoms with E-state index >= 15 is 0 Å². The molecule has 0 aliphatic rings. The molecule has 0 aliphatic carbocycles. The number of hydrogen-bond acceptors (Lipinski definition) is 2. The topological polar surface area (TPSA) is 29.9 Å². The maximum absolute atomic E-state index is 4.53. The molecule has 0 aromatic carbocycles. The van der Waals surface area contributed by atoms with Crippen molar-refractivity contribution in [2.75, 3.05) is 6.54 Å². The second-order valence-corrected chi connectivity index (χ2v) is 5.22. The number of rotatable bonds is 8. The first-order valence-corrected chi connectivity index (χ1v) is 7.37. The monoisotopic (exact) mass is 251 g/mol. The molecule has 1 aromatic heterocycles. The predicted octanol–water partition coefficient (Wildman–Crippen LogP) is 2.94. The average molecular weight is 251 g/mol. The molecule has 0 bridgehead atoms. The second kappa shape index (κ2) is 7.57. The number of aromatic nitrogens is 2. The summed E-state index contributed by atoms with van der Waals surface area (Å²) in [4.78, 5) is 0. The SMILES string of the molecule is CCCNC(C)C(CC)Cc1cc(CC)nn1C. The Balaban J connectivity index is 2.63. The maximum Gasteiger partial charge on any atom is 0.0624 e. The van der Waals surface area contributed by atoms with Gasteiger partial charge in [0.15, 0.2) is 0 Å². The zero-order valence-electron chi connectivity index (χ0n) is 12.7. The van der Waals surface area contributed by atoms with E-state index in [2.05, 4.69) is 51.2 Å². The average Bonchev–Trinajstić information content (AvgIpc) is 2.73. The van der Waals surface area contributed by atoms with Crippen molar-refractivity contribution in [2.24, 2.45) is 13.0 Å². The van der Waals surface area contributed by atoms with Gasteiger partial charge in [-0.2, -0.15) is 5.10 Å². The Bertz CT molecular complexity index is 344. The summed E-state index contributed by atoms with van der Waals surface area (Å²) in [6.45, 7) is 10.1. The minimum atomic E-state index is 0.579. The van der Waals surface area contributed by atoms with Crippen molar-refractivity contribution in [3.8, 4) is 0 Å². The summed E-state index contributed by atoms with van der Waals surface area (Å²) < 4.78 is 2.05. The predicted molar refractivity (Wildman–Crippen MR) is 77.8 cm³/mol. The van der Waals surface area contributed by atoms with Crippen LogP contribution < -0.4 is 5.32 Å². The molecule has 1 aromatic rings. The normalized spacial score (nSPS) is 14.7. The van der Waals surface area contributed by atoms with Gasteiger partial charge in [-0.05, 0) is 44.7 Å². The van der Waals surface area contributed by atoms with Crippen molar-refractivity contribution in [2.45, 2.75) is 59.4 Å². The van der Waals surface area contributed by atoms with Crippen molar-refractivity contribution >= 4 is 0 Å². The van der Waals surface area contributed by atoms with E-state index < -0.39 is 0 Å². The third-order valence-corrected chi connectivity index (χ3v) is 3.81. The van der Waals surface area contributed by atoms with Crippen LogP contribution in [-0.4, -0.2) is 22.4 Å². The molecule has 3 nitrogen and oxygen atoms in total. The molecule has 0 fully saturated rings. The molecule has 0 amide bonds. The highest BCUT2D eigenvalue weighted by Crippen LogP contribution is 2.17. The van der Waals surface area contributed by atoms with Gasteiger partial charge in [0, 0.05) is 18.8 Å². The molecular weight excluding hydrogens is 222 g/mol. The second-order valence-electron chi connectivity index (χ2n) is 5.22. The molecule has 18 heavy (non-hydrogen) atoms. The highest BCUT2D eigenvalue weighted by Gasteiger charge is 2.17. The smallest absolute Gasteiger partial charge is 0.0624 e. The van der Waals surface area contributed by atoms with Gasteiger partial charge in [0.2, 0.25) is 0 Å². The summed E-state index contributed by atoms with van der Waals surface area (Å²) >= 11 is 0. The van der Waals surface area contributed by atoms with E-state index in [1.807, 2.05) is 4.68 Å². The molecule has 1 N–H and O–H groups in total. The van der Waals surface area contributed by atoms with Crippen molar-refractivity contribution in [3.63, 3.8) is 0 Å². The van der Waals surface area contributed by atoms with Crippen LogP contribution in [0.15, 0.2) is 6.07 Å². The van der Waals surface area contributed by atoms with Crippen molar-refractivity contribution < 1.29 is 0 Å². The summed E-state index contributed by atoms with van der Waals surface area (Å²) in [5, 5.41) is 8.15. The van der Waals surface area contributed by atoms with Gasteiger partial charge in [-0.1, -0.05) is 27.2 Å². The van der Waals surface area contributed by atoms with Crippen LogP contribution in [0, 0.1) is 5.92 Å². The third kappa shape index (κ3) is 4.13. The molecule has 1 heterocycles. The largest absolute Gasteiger partial charge is 0.314 e. The van der Waals surface area contributed by atoms with Crippen LogP contribution in [0.1, 0.15) is 51.9 Å². The first kappa shape index (κ1) is 15.2. The van der Waals surface area contributed by atoms with E-state index in [1.165, 1.54) is 24.2 Å². The van der Waals surface area contributed by atoms with Gasteiger partial charge in [-0.25, -0.2) is 0 Å². The number of nitrogens with one attached hydrogen (secondary N) is 1. The summed E-state index contributed by atoms with van der Waals surface area (Å²) in [5.41, 5.74) is 2.57. The van der Waals surface area contributed by atoms with E-state index in [9.17, 15) is 0 Å². The molecule has 104 valence electrons. The molecule has 0 spiro atoms. The lowest BCUT2D eigenvalue weighted by molar-refractivity contribution is 0.356. The highest BCUT2D eigenvalue weighted by atomic mass is 15.3. The summed E-state index contributed by atoms with van der Waals surface area (Å²) in [5.74, 6) is 0.691. The van der Waals surface area contributed by atoms with E-state index in [0.717, 1.165) is 19.4 Å². The zero-order chi connectivity index (χ0) is 13.5. The Morgan fingerprint density at radius 3 is 2.56 bits per heavy atom. The fraction of sp³-hybridized carbons (Fsp3) is 0.800. The molecule has 2 atom stereocenters. The molecule has 0 radical (unpaired) electrons. The van der Waals surface area contributed by atoms with Gasteiger partial charge < -0.3 is 5.32 Å². The van der Waals surface area contributed by atoms with Gasteiger partial charge in [0.1, 0.15) is 0 Å². The number of aryl methyl sites for hydroxylation is 2. The minimum absolute atomic E-state index is 0.579. The van der Waals surface area contributed by atoms with Gasteiger partial charge in [0.05, 0.1) is 5.69 Å². The van der Waals surface area contributed by atoms with Gasteiger partial charge in [-0.15, -0.1) is 0 Å². The standard InChI is InChI=1S/C15H29N3/c1-6-9-16-12(4)13(7-2)10-15-11-14(8-3)17-18(15)5/h11-13,16H,6-10H2,1-5H3. The lowest BCUT2D eigenvalue weighted by Crippen LogP contribution is -2.35. The molecule has 0 aliphatic heterocycles. The van der Waals surface area contributed by atoms with Crippen molar-refractivity contribution in [3.05, 3.63) is 17.5 Å². The fourth-order valence-electron chi connectivity index (χ4n) is 2.42. The Kier molecular flexibility index (Phi) is 6.41.